The van der Waals surface area contributed by atoms with E-state index in [1.165, 1.54) is 17.8 Å². The predicted molar refractivity (Wildman–Crippen MR) is 99.9 cm³/mol. The maximum absolute atomic E-state index is 13.0. The molecule has 3 rings (SSSR count). The van der Waals surface area contributed by atoms with Gasteiger partial charge in [0.2, 0.25) is 5.16 Å². The summed E-state index contributed by atoms with van der Waals surface area (Å²) in [5, 5.41) is 0.565. The summed E-state index contributed by atoms with van der Waals surface area (Å²) in [6.45, 7) is 0.698. The lowest BCUT2D eigenvalue weighted by Gasteiger charge is -2.20. The summed E-state index contributed by atoms with van der Waals surface area (Å²) in [5.74, 6) is 0.466. The van der Waals surface area contributed by atoms with Crippen molar-refractivity contribution >= 4 is 32.9 Å². The molecule has 9 nitrogen and oxygen atoms in total. The number of carbonyl (C=O) groups is 1. The van der Waals surface area contributed by atoms with Crippen molar-refractivity contribution in [1.29, 1.82) is 0 Å². The van der Waals surface area contributed by atoms with Crippen molar-refractivity contribution in [2.24, 2.45) is 7.05 Å². The summed E-state index contributed by atoms with van der Waals surface area (Å²) in [7, 11) is 0.683. The molecule has 0 bridgehead atoms. The van der Waals surface area contributed by atoms with Crippen LogP contribution >= 0.6 is 0 Å². The van der Waals surface area contributed by atoms with Crippen LogP contribution in [0.4, 0.5) is 5.69 Å². The molecule has 0 radical (unpaired) electrons. The first kappa shape index (κ1) is 18.9. The van der Waals surface area contributed by atoms with Crippen molar-refractivity contribution < 1.29 is 22.7 Å². The molecule has 1 aromatic carbocycles. The first-order valence-corrected chi connectivity index (χ1v) is 9.52. The van der Waals surface area contributed by atoms with E-state index >= 15 is 0 Å². The van der Waals surface area contributed by atoms with E-state index in [1.54, 1.807) is 38.6 Å². The van der Waals surface area contributed by atoms with Crippen molar-refractivity contribution in [2.45, 2.75) is 5.16 Å². The van der Waals surface area contributed by atoms with Gasteiger partial charge in [-0.1, -0.05) is 0 Å². The topological polar surface area (TPSA) is 107 Å². The number of anilines is 1. The smallest absolute Gasteiger partial charge is 0.298 e. The maximum atomic E-state index is 13.0. The Morgan fingerprint density at radius 2 is 2.07 bits per heavy atom. The molecule has 0 unspecified atom stereocenters. The van der Waals surface area contributed by atoms with E-state index in [4.69, 9.17) is 9.47 Å². The third-order valence-electron chi connectivity index (χ3n) is 4.09. The predicted octanol–water partition coefficient (Wildman–Crippen LogP) is 1.56. The van der Waals surface area contributed by atoms with Gasteiger partial charge in [0.25, 0.3) is 10.0 Å². The first-order chi connectivity index (χ1) is 12.9. The summed E-state index contributed by atoms with van der Waals surface area (Å²) < 4.78 is 39.2. The number of hydrogen-bond acceptors (Lipinski definition) is 6. The van der Waals surface area contributed by atoms with E-state index in [9.17, 15) is 13.2 Å². The average molecular weight is 392 g/mol. The van der Waals surface area contributed by atoms with Gasteiger partial charge in [-0.05, 0) is 12.1 Å². The number of aldehydes is 1. The fourth-order valence-electron chi connectivity index (χ4n) is 2.71. The lowest BCUT2D eigenvalue weighted by Crippen LogP contribution is -2.29. The van der Waals surface area contributed by atoms with Gasteiger partial charge in [-0.2, -0.15) is 8.42 Å². The van der Waals surface area contributed by atoms with Gasteiger partial charge in [0, 0.05) is 45.1 Å². The fraction of sp³-hybridized carbons (Fsp3) is 0.294. The first-order valence-electron chi connectivity index (χ1n) is 8.08. The van der Waals surface area contributed by atoms with Crippen molar-refractivity contribution in [1.82, 2.24) is 14.5 Å². The van der Waals surface area contributed by atoms with Crippen LogP contribution in [0, 0.1) is 0 Å². The van der Waals surface area contributed by atoms with Crippen LogP contribution in [0.15, 0.2) is 35.7 Å². The van der Waals surface area contributed by atoms with Gasteiger partial charge in [-0.15, -0.1) is 0 Å². The number of ether oxygens (including phenoxy) is 2. The maximum Gasteiger partial charge on any atom is 0.298 e. The summed E-state index contributed by atoms with van der Waals surface area (Å²) in [6.07, 6.45) is 3.64. The summed E-state index contributed by atoms with van der Waals surface area (Å²) in [5.41, 5.74) is 1.19. The highest BCUT2D eigenvalue weighted by atomic mass is 32.2. The molecule has 10 heteroatoms. The van der Waals surface area contributed by atoms with Crippen LogP contribution in [0.3, 0.4) is 0 Å². The number of methoxy groups -OCH3 is 1. The Hall–Kier alpha value is -2.85. The van der Waals surface area contributed by atoms with Gasteiger partial charge in [0.15, 0.2) is 6.29 Å². The molecule has 27 heavy (non-hydrogen) atoms. The largest absolute Gasteiger partial charge is 0.491 e. The molecular weight excluding hydrogens is 372 g/mol. The second-order valence-corrected chi connectivity index (χ2v) is 7.75. The van der Waals surface area contributed by atoms with Crippen LogP contribution in [0.25, 0.3) is 10.9 Å². The van der Waals surface area contributed by atoms with Crippen molar-refractivity contribution in [3.8, 4) is 5.75 Å². The highest BCUT2D eigenvalue weighted by Gasteiger charge is 2.27. The van der Waals surface area contributed by atoms with Crippen LogP contribution in [-0.2, 0) is 21.8 Å². The summed E-state index contributed by atoms with van der Waals surface area (Å²) in [6, 6.07) is 4.97. The number of fused-ring (bicyclic) bond motifs is 1. The number of aromatic amines is 1. The molecule has 0 aliphatic heterocycles. The normalized spacial score (nSPS) is 11.7. The molecule has 3 aromatic rings. The van der Waals surface area contributed by atoms with Gasteiger partial charge >= 0.3 is 0 Å². The lowest BCUT2D eigenvalue weighted by atomic mass is 10.2. The zero-order chi connectivity index (χ0) is 19.6. The Kier molecular flexibility index (Phi) is 5.19. The number of benzene rings is 1. The Labute approximate surface area is 156 Å². The van der Waals surface area contributed by atoms with Gasteiger partial charge in [0.1, 0.15) is 12.4 Å². The minimum absolute atomic E-state index is 0.0916. The Bertz CT molecular complexity index is 1070. The van der Waals surface area contributed by atoms with Crippen LogP contribution in [0.1, 0.15) is 10.5 Å². The molecule has 0 aliphatic carbocycles. The number of imidazole rings is 1. The third-order valence-corrected chi connectivity index (χ3v) is 5.87. The number of carbonyl (C=O) groups excluding carboxylic acids is 1. The Morgan fingerprint density at radius 3 is 2.70 bits per heavy atom. The number of aromatic nitrogens is 3. The van der Waals surface area contributed by atoms with Crippen LogP contribution in [-0.4, -0.2) is 56.6 Å². The van der Waals surface area contributed by atoms with E-state index in [1.807, 2.05) is 0 Å². The number of sulfonamides is 1. The summed E-state index contributed by atoms with van der Waals surface area (Å²) in [4.78, 5) is 18.0. The minimum atomic E-state index is -3.91. The molecular formula is C17H20N4O5S. The van der Waals surface area contributed by atoms with E-state index in [-0.39, 0.29) is 5.16 Å². The minimum Gasteiger partial charge on any atom is -0.491 e. The average Bonchev–Trinajstić information content (AvgIpc) is 3.26. The van der Waals surface area contributed by atoms with Gasteiger partial charge < -0.3 is 19.0 Å². The van der Waals surface area contributed by atoms with Crippen LogP contribution in [0.5, 0.6) is 5.75 Å². The van der Waals surface area contributed by atoms with E-state index in [0.29, 0.717) is 47.5 Å². The monoisotopic (exact) mass is 392 g/mol. The highest BCUT2D eigenvalue weighted by molar-refractivity contribution is 7.92. The van der Waals surface area contributed by atoms with E-state index < -0.39 is 10.0 Å². The second kappa shape index (κ2) is 7.41. The molecule has 0 amide bonds. The fourth-order valence-corrected chi connectivity index (χ4v) is 3.98. The van der Waals surface area contributed by atoms with Gasteiger partial charge in [-0.3, -0.25) is 9.10 Å². The zero-order valence-electron chi connectivity index (χ0n) is 15.2. The lowest BCUT2D eigenvalue weighted by molar-refractivity contribution is 0.112. The molecule has 0 aliphatic rings. The molecule has 0 spiro atoms. The van der Waals surface area contributed by atoms with Gasteiger partial charge in [0.05, 0.1) is 23.5 Å². The van der Waals surface area contributed by atoms with Crippen molar-refractivity contribution in [3.63, 3.8) is 0 Å². The quantitative estimate of drug-likeness (QED) is 0.461. The summed E-state index contributed by atoms with van der Waals surface area (Å²) >= 11 is 0. The van der Waals surface area contributed by atoms with E-state index in [2.05, 4.69) is 9.97 Å². The Balaban J connectivity index is 2.11. The zero-order valence-corrected chi connectivity index (χ0v) is 16.0. The standard InChI is InChI=1S/C17H20N4O5S/c1-20-5-4-18-17(20)27(23,24)21(2)15-10-14(26-7-6-25-3)9-12-8-13(11-22)19-16(12)15/h4-5,8-11,19H,6-7H2,1-3H3. The third kappa shape index (κ3) is 3.53. The molecule has 2 aromatic heterocycles. The van der Waals surface area contributed by atoms with Crippen LogP contribution < -0.4 is 9.04 Å². The molecule has 2 heterocycles. The molecule has 0 fully saturated rings. The highest BCUT2D eigenvalue weighted by Crippen LogP contribution is 2.34. The number of aryl methyl sites for hydroxylation is 1. The molecule has 144 valence electrons. The molecule has 0 atom stereocenters. The number of nitrogens with zero attached hydrogens (tertiary/aromatic N) is 3. The number of rotatable bonds is 8. The Morgan fingerprint density at radius 1 is 1.30 bits per heavy atom. The SMILES string of the molecule is COCCOc1cc(N(C)S(=O)(=O)c2nccn2C)c2[nH]c(C=O)cc2c1. The second-order valence-electron chi connectivity index (χ2n) is 5.88. The molecule has 0 saturated carbocycles. The van der Waals surface area contributed by atoms with Crippen molar-refractivity contribution in [2.75, 3.05) is 31.7 Å². The molecule has 1 N–H and O–H groups in total. The van der Waals surface area contributed by atoms with Gasteiger partial charge in [-0.25, -0.2) is 4.98 Å². The number of H-pyrrole nitrogens is 1. The van der Waals surface area contributed by atoms with Crippen LogP contribution in [0.2, 0.25) is 0 Å². The number of hydrogen-bond donors (Lipinski definition) is 1. The van der Waals surface area contributed by atoms with E-state index in [0.717, 1.165) is 4.31 Å². The molecule has 0 saturated heterocycles. The number of nitrogens with one attached hydrogen (secondary N) is 1. The van der Waals surface area contributed by atoms with Crippen molar-refractivity contribution in [3.05, 3.63) is 36.3 Å².